The minimum Gasteiger partial charge on any atom is -0.352 e. The molecule has 4 heteroatoms. The van der Waals surface area contributed by atoms with Crippen molar-refractivity contribution in [2.24, 2.45) is 11.8 Å². The lowest BCUT2D eigenvalue weighted by Crippen LogP contribution is -2.66. The van der Waals surface area contributed by atoms with Crippen LogP contribution in [0, 0.1) is 11.8 Å². The molecule has 5 fully saturated rings. The summed E-state index contributed by atoms with van der Waals surface area (Å²) in [5, 5.41) is 3.64. The predicted octanol–water partition coefficient (Wildman–Crippen LogP) is 5.42. The summed E-state index contributed by atoms with van der Waals surface area (Å²) in [6.45, 7) is 7.50. The zero-order valence-electron chi connectivity index (χ0n) is 21.9. The Morgan fingerprint density at radius 3 is 1.94 bits per heavy atom. The van der Waals surface area contributed by atoms with E-state index in [2.05, 4.69) is 82.7 Å². The number of nitrogens with zero attached hydrogens (tertiary/aromatic N) is 2. The van der Waals surface area contributed by atoms with Crippen LogP contribution in [-0.4, -0.2) is 60.0 Å². The molecule has 0 aromatic heterocycles. The highest BCUT2D eigenvalue weighted by molar-refractivity contribution is 5.78. The average molecular weight is 486 g/mol. The molecule has 192 valence electrons. The number of rotatable bonds is 6. The van der Waals surface area contributed by atoms with E-state index >= 15 is 0 Å². The van der Waals surface area contributed by atoms with Crippen LogP contribution >= 0.6 is 0 Å². The lowest BCUT2D eigenvalue weighted by molar-refractivity contribution is -0.126. The highest BCUT2D eigenvalue weighted by Gasteiger charge is 2.58. The average Bonchev–Trinajstić information content (AvgIpc) is 3.43. The molecule has 2 bridgehead atoms. The fourth-order valence-corrected chi connectivity index (χ4v) is 8.22. The van der Waals surface area contributed by atoms with Crippen molar-refractivity contribution < 1.29 is 4.79 Å². The van der Waals surface area contributed by atoms with Crippen LogP contribution in [0.5, 0.6) is 0 Å². The Morgan fingerprint density at radius 1 is 0.833 bits per heavy atom. The number of fused-ring (bicyclic) bond motifs is 3. The van der Waals surface area contributed by atoms with Gasteiger partial charge in [-0.1, -0.05) is 67.6 Å². The number of carbonyl (C=O) groups excluding carboxylic acids is 1. The predicted molar refractivity (Wildman–Crippen MR) is 146 cm³/mol. The van der Waals surface area contributed by atoms with Gasteiger partial charge in [0.15, 0.2) is 0 Å². The second kappa shape index (κ2) is 10.3. The molecule has 0 radical (unpaired) electrons. The summed E-state index contributed by atoms with van der Waals surface area (Å²) < 4.78 is 0. The minimum absolute atomic E-state index is 0.154. The van der Waals surface area contributed by atoms with Gasteiger partial charge in [-0.3, -0.25) is 14.6 Å². The van der Waals surface area contributed by atoms with E-state index in [0.29, 0.717) is 24.3 Å². The first-order chi connectivity index (χ1) is 17.6. The molecule has 4 nitrogen and oxygen atoms in total. The number of hydrogen-bond acceptors (Lipinski definition) is 3. The van der Waals surface area contributed by atoms with Gasteiger partial charge in [0.25, 0.3) is 0 Å². The van der Waals surface area contributed by atoms with Crippen LogP contribution in [0.4, 0.5) is 0 Å². The number of piperidine rings is 1. The largest absolute Gasteiger partial charge is 0.352 e. The van der Waals surface area contributed by atoms with Crippen LogP contribution in [0.3, 0.4) is 0 Å². The Hall–Kier alpha value is -2.17. The van der Waals surface area contributed by atoms with Crippen LogP contribution in [0.2, 0.25) is 0 Å². The number of carbonyl (C=O) groups is 1. The minimum atomic E-state index is 0.154. The van der Waals surface area contributed by atoms with Crippen LogP contribution in [-0.2, 0) is 4.79 Å². The first-order valence-electron chi connectivity index (χ1n) is 14.5. The van der Waals surface area contributed by atoms with Crippen LogP contribution in [0.25, 0.3) is 0 Å². The topological polar surface area (TPSA) is 35.6 Å². The van der Waals surface area contributed by atoms with Gasteiger partial charge in [0.1, 0.15) is 0 Å². The van der Waals surface area contributed by atoms with E-state index in [1.807, 2.05) is 0 Å². The summed E-state index contributed by atoms with van der Waals surface area (Å²) >= 11 is 0. The van der Waals surface area contributed by atoms with Gasteiger partial charge < -0.3 is 5.32 Å². The Kier molecular flexibility index (Phi) is 6.92. The molecule has 3 saturated carbocycles. The van der Waals surface area contributed by atoms with E-state index in [-0.39, 0.29) is 17.5 Å². The molecular weight excluding hydrogens is 442 g/mol. The molecule has 3 atom stereocenters. The van der Waals surface area contributed by atoms with Gasteiger partial charge in [0.2, 0.25) is 5.91 Å². The molecule has 2 saturated heterocycles. The summed E-state index contributed by atoms with van der Waals surface area (Å²) in [4.78, 5) is 18.6. The Morgan fingerprint density at radius 2 is 1.39 bits per heavy atom. The lowest BCUT2D eigenvalue weighted by Gasteiger charge is -2.63. The molecule has 1 N–H and O–H groups in total. The summed E-state index contributed by atoms with van der Waals surface area (Å²) in [6.07, 6.45) is 8.58. The van der Waals surface area contributed by atoms with Crippen molar-refractivity contribution in [3.05, 3.63) is 71.8 Å². The van der Waals surface area contributed by atoms with E-state index in [1.54, 1.807) is 0 Å². The molecule has 2 aliphatic heterocycles. The summed E-state index contributed by atoms with van der Waals surface area (Å²) in [6, 6.07) is 22.6. The van der Waals surface area contributed by atoms with Crippen molar-refractivity contribution in [3.8, 4) is 0 Å². The monoisotopic (exact) mass is 485 g/mol. The first kappa shape index (κ1) is 24.2. The normalized spacial score (nSPS) is 33.6. The highest BCUT2D eigenvalue weighted by atomic mass is 16.2. The summed E-state index contributed by atoms with van der Waals surface area (Å²) in [5.74, 6) is 2.42. The molecular formula is C32H43N3O. The number of hydrogen-bond donors (Lipinski definition) is 1. The third kappa shape index (κ3) is 4.75. The zero-order chi connectivity index (χ0) is 24.5. The van der Waals surface area contributed by atoms with E-state index in [0.717, 1.165) is 25.4 Å². The van der Waals surface area contributed by atoms with Crippen LogP contribution in [0.15, 0.2) is 60.7 Å². The van der Waals surface area contributed by atoms with E-state index in [9.17, 15) is 4.79 Å². The second-order valence-corrected chi connectivity index (χ2v) is 12.3. The van der Waals surface area contributed by atoms with Gasteiger partial charge >= 0.3 is 0 Å². The van der Waals surface area contributed by atoms with Gasteiger partial charge in [-0.05, 0) is 106 Å². The van der Waals surface area contributed by atoms with Crippen molar-refractivity contribution in [2.45, 2.75) is 75.3 Å². The SMILES string of the molecule is CC1CCN(C23C[C@H](NC(=O)CN4CCCC4)C([C@H](c4ccccc4)C2)[C@H](c2ccccc2)C3)CC1. The maximum atomic E-state index is 13.4. The van der Waals surface area contributed by atoms with Crippen molar-refractivity contribution in [3.63, 3.8) is 0 Å². The molecule has 7 rings (SSSR count). The molecule has 0 unspecified atom stereocenters. The fourth-order valence-electron chi connectivity index (χ4n) is 8.22. The molecule has 2 aromatic carbocycles. The second-order valence-electron chi connectivity index (χ2n) is 12.3. The highest BCUT2D eigenvalue weighted by Crippen LogP contribution is 2.60. The van der Waals surface area contributed by atoms with Gasteiger partial charge in [0, 0.05) is 11.6 Å². The summed E-state index contributed by atoms with van der Waals surface area (Å²) in [7, 11) is 0. The Bertz CT molecular complexity index is 961. The van der Waals surface area contributed by atoms with Gasteiger partial charge in [-0.15, -0.1) is 0 Å². The van der Waals surface area contributed by atoms with Gasteiger partial charge in [-0.25, -0.2) is 0 Å². The van der Waals surface area contributed by atoms with Gasteiger partial charge in [-0.2, -0.15) is 0 Å². The van der Waals surface area contributed by atoms with Crippen molar-refractivity contribution in [1.82, 2.24) is 15.1 Å². The smallest absolute Gasteiger partial charge is 0.234 e. The molecule has 2 heterocycles. The third-order valence-electron chi connectivity index (χ3n) is 10.0. The third-order valence-corrected chi connectivity index (χ3v) is 10.0. The lowest BCUT2D eigenvalue weighted by atomic mass is 9.50. The maximum Gasteiger partial charge on any atom is 0.234 e. The number of amides is 1. The van der Waals surface area contributed by atoms with Crippen molar-refractivity contribution in [2.75, 3.05) is 32.7 Å². The number of nitrogens with one attached hydrogen (secondary N) is 1. The molecule has 36 heavy (non-hydrogen) atoms. The van der Waals surface area contributed by atoms with Crippen molar-refractivity contribution in [1.29, 1.82) is 0 Å². The molecule has 1 amide bonds. The Balaban J connectivity index is 1.37. The molecule has 3 aliphatic carbocycles. The van der Waals surface area contributed by atoms with Crippen LogP contribution < -0.4 is 5.32 Å². The fraction of sp³-hybridized carbons (Fsp3) is 0.594. The maximum absolute atomic E-state index is 13.4. The number of likely N-dealkylation sites (tertiary alicyclic amines) is 2. The molecule has 0 spiro atoms. The van der Waals surface area contributed by atoms with Crippen molar-refractivity contribution >= 4 is 5.91 Å². The number of benzene rings is 2. The van der Waals surface area contributed by atoms with E-state index < -0.39 is 0 Å². The standard InChI is InChI=1S/C32H43N3O/c1-24-14-18-35(19-15-24)32-20-27(25-10-4-2-5-11-25)31(28(21-32)26-12-6-3-7-13-26)29(22-32)33-30(36)23-34-16-8-9-17-34/h2-7,10-13,24,27-29,31H,8-9,14-23H2,1H3,(H,33,36)/t27-,28-,29-,31?,32?/m0/s1. The zero-order valence-corrected chi connectivity index (χ0v) is 21.9. The van der Waals surface area contributed by atoms with Crippen LogP contribution in [0.1, 0.15) is 74.8 Å². The van der Waals surface area contributed by atoms with E-state index in [4.69, 9.17) is 0 Å². The molecule has 2 aromatic rings. The summed E-state index contributed by atoms with van der Waals surface area (Å²) in [5.41, 5.74) is 3.06. The first-order valence-corrected chi connectivity index (χ1v) is 14.5. The molecule has 5 aliphatic rings. The van der Waals surface area contributed by atoms with Gasteiger partial charge in [0.05, 0.1) is 6.54 Å². The Labute approximate surface area is 217 Å². The van der Waals surface area contributed by atoms with E-state index in [1.165, 1.54) is 62.7 Å². The quantitative estimate of drug-likeness (QED) is 0.594.